The van der Waals surface area contributed by atoms with E-state index in [0.29, 0.717) is 19.8 Å². The summed E-state index contributed by atoms with van der Waals surface area (Å²) in [6.45, 7) is 8.80. The van der Waals surface area contributed by atoms with Gasteiger partial charge in [-0.25, -0.2) is 0 Å². The average Bonchev–Trinajstić information content (AvgIpc) is 2.43. The Morgan fingerprint density at radius 3 is 2.05 bits per heavy atom. The molecule has 122 valence electrons. The smallest absolute Gasteiger partial charge is 0.325 e. The second-order valence-corrected chi connectivity index (χ2v) is 5.13. The van der Waals surface area contributed by atoms with Crippen LogP contribution in [0.5, 0.6) is 0 Å². The summed E-state index contributed by atoms with van der Waals surface area (Å²) in [5.41, 5.74) is 3.13. The predicted molar refractivity (Wildman–Crippen MR) is 86.0 cm³/mol. The maximum Gasteiger partial charge on any atom is 0.325 e. The summed E-state index contributed by atoms with van der Waals surface area (Å²) in [4.78, 5) is 25.2. The van der Waals surface area contributed by atoms with Crippen molar-refractivity contribution in [1.82, 2.24) is 0 Å². The lowest BCUT2D eigenvalue weighted by atomic mass is 10.1. The topological polar surface area (TPSA) is 55.8 Å². The number of aryl methyl sites for hydroxylation is 2. The summed E-state index contributed by atoms with van der Waals surface area (Å²) >= 11 is 0. The van der Waals surface area contributed by atoms with Gasteiger partial charge in [0.2, 0.25) is 0 Å². The third-order valence-electron chi connectivity index (χ3n) is 3.09. The van der Waals surface area contributed by atoms with Crippen LogP contribution in [-0.4, -0.2) is 38.2 Å². The molecule has 0 aliphatic carbocycles. The molecule has 1 rings (SSSR count). The molecule has 1 aromatic rings. The van der Waals surface area contributed by atoms with Crippen LogP contribution in [0.2, 0.25) is 0 Å². The van der Waals surface area contributed by atoms with E-state index in [-0.39, 0.29) is 24.9 Å². The van der Waals surface area contributed by atoms with Gasteiger partial charge >= 0.3 is 11.9 Å². The van der Waals surface area contributed by atoms with Gasteiger partial charge in [0.15, 0.2) is 0 Å². The van der Waals surface area contributed by atoms with Gasteiger partial charge in [0.25, 0.3) is 0 Å². The van der Waals surface area contributed by atoms with Gasteiger partial charge in [-0.3, -0.25) is 9.59 Å². The Labute approximate surface area is 132 Å². The highest BCUT2D eigenvalue weighted by Gasteiger charge is 2.15. The molecule has 5 heteroatoms. The van der Waals surface area contributed by atoms with Crippen molar-refractivity contribution < 1.29 is 19.1 Å². The number of benzene rings is 1. The summed E-state index contributed by atoms with van der Waals surface area (Å²) in [6.07, 6.45) is 0.236. The minimum Gasteiger partial charge on any atom is -0.466 e. The molecule has 0 radical (unpaired) electrons. The fourth-order valence-electron chi connectivity index (χ4n) is 2.25. The molecular weight excluding hydrogens is 282 g/mol. The number of carbonyl (C=O) groups is 2. The third-order valence-corrected chi connectivity index (χ3v) is 3.09. The molecule has 0 saturated carbocycles. The molecule has 0 aliphatic heterocycles. The zero-order valence-electron chi connectivity index (χ0n) is 13.8. The van der Waals surface area contributed by atoms with Crippen molar-refractivity contribution in [2.45, 2.75) is 34.1 Å². The fraction of sp³-hybridized carbons (Fsp3) is 0.529. The van der Waals surface area contributed by atoms with E-state index in [2.05, 4.69) is 6.07 Å². The molecule has 0 aliphatic rings. The van der Waals surface area contributed by atoms with E-state index in [1.807, 2.05) is 30.9 Å². The zero-order chi connectivity index (χ0) is 16.5. The van der Waals surface area contributed by atoms with Crippen LogP contribution in [0.25, 0.3) is 0 Å². The van der Waals surface area contributed by atoms with E-state index in [4.69, 9.17) is 9.47 Å². The molecule has 5 nitrogen and oxygen atoms in total. The Balaban J connectivity index is 2.84. The van der Waals surface area contributed by atoms with Crippen LogP contribution in [0.3, 0.4) is 0 Å². The first kappa shape index (κ1) is 18.0. The van der Waals surface area contributed by atoms with Gasteiger partial charge in [-0.05, 0) is 51.0 Å². The average molecular weight is 307 g/mol. The summed E-state index contributed by atoms with van der Waals surface area (Å²) in [5.74, 6) is -0.564. The van der Waals surface area contributed by atoms with E-state index in [1.54, 1.807) is 13.8 Å². The predicted octanol–water partition coefficient (Wildman–Crippen LogP) is 2.63. The SMILES string of the molecule is CCOC(=O)CCN(CC(=O)OCC)c1cc(C)cc(C)c1. The number of hydrogen-bond acceptors (Lipinski definition) is 5. The molecule has 0 heterocycles. The highest BCUT2D eigenvalue weighted by Crippen LogP contribution is 2.19. The summed E-state index contributed by atoms with van der Waals surface area (Å²) in [5, 5.41) is 0. The highest BCUT2D eigenvalue weighted by molar-refractivity contribution is 5.77. The highest BCUT2D eigenvalue weighted by atomic mass is 16.5. The molecule has 0 amide bonds. The third kappa shape index (κ3) is 6.16. The van der Waals surface area contributed by atoms with Crippen LogP contribution in [-0.2, 0) is 19.1 Å². The zero-order valence-corrected chi connectivity index (χ0v) is 13.8. The lowest BCUT2D eigenvalue weighted by molar-refractivity contribution is -0.144. The van der Waals surface area contributed by atoms with Crippen molar-refractivity contribution in [2.75, 3.05) is 31.2 Å². The first-order valence-corrected chi connectivity index (χ1v) is 7.60. The Kier molecular flexibility index (Phi) is 7.43. The normalized spacial score (nSPS) is 10.2. The number of hydrogen-bond donors (Lipinski definition) is 0. The van der Waals surface area contributed by atoms with Gasteiger partial charge in [-0.15, -0.1) is 0 Å². The second kappa shape index (κ2) is 9.07. The number of ether oxygens (including phenoxy) is 2. The minimum absolute atomic E-state index is 0.121. The lowest BCUT2D eigenvalue weighted by Crippen LogP contribution is -2.33. The number of esters is 2. The minimum atomic E-state index is -0.300. The van der Waals surface area contributed by atoms with Crippen LogP contribution in [0.4, 0.5) is 5.69 Å². The van der Waals surface area contributed by atoms with Gasteiger partial charge in [0.05, 0.1) is 19.6 Å². The molecule has 1 aromatic carbocycles. The molecular formula is C17H25NO4. The number of rotatable bonds is 8. The fourth-order valence-corrected chi connectivity index (χ4v) is 2.25. The standard InChI is InChI=1S/C17H25NO4/c1-5-21-16(19)7-8-18(12-17(20)22-6-2)15-10-13(3)9-14(4)11-15/h9-11H,5-8,12H2,1-4H3. The molecule has 0 aromatic heterocycles. The van der Waals surface area contributed by atoms with Gasteiger partial charge in [0.1, 0.15) is 6.54 Å². The van der Waals surface area contributed by atoms with Crippen LogP contribution in [0.15, 0.2) is 18.2 Å². The molecule has 0 atom stereocenters. The van der Waals surface area contributed by atoms with E-state index in [9.17, 15) is 9.59 Å². The lowest BCUT2D eigenvalue weighted by Gasteiger charge is -2.24. The largest absolute Gasteiger partial charge is 0.466 e. The van der Waals surface area contributed by atoms with Crippen LogP contribution < -0.4 is 4.90 Å². The summed E-state index contributed by atoms with van der Waals surface area (Å²) in [7, 11) is 0. The Morgan fingerprint density at radius 1 is 0.955 bits per heavy atom. The van der Waals surface area contributed by atoms with Gasteiger partial charge in [-0.1, -0.05) is 6.07 Å². The molecule has 0 saturated heterocycles. The Morgan fingerprint density at radius 2 is 1.50 bits per heavy atom. The van der Waals surface area contributed by atoms with Crippen molar-refractivity contribution in [3.63, 3.8) is 0 Å². The second-order valence-electron chi connectivity index (χ2n) is 5.13. The van der Waals surface area contributed by atoms with Crippen molar-refractivity contribution in [3.8, 4) is 0 Å². The van der Waals surface area contributed by atoms with E-state index in [1.165, 1.54) is 0 Å². The Bertz CT molecular complexity index is 493. The monoisotopic (exact) mass is 307 g/mol. The maximum atomic E-state index is 11.8. The molecule has 0 unspecified atom stereocenters. The van der Waals surface area contributed by atoms with E-state index in [0.717, 1.165) is 16.8 Å². The summed E-state index contributed by atoms with van der Waals surface area (Å²) in [6, 6.07) is 6.06. The van der Waals surface area contributed by atoms with Gasteiger partial charge in [-0.2, -0.15) is 0 Å². The molecule has 0 fully saturated rings. The molecule has 22 heavy (non-hydrogen) atoms. The summed E-state index contributed by atoms with van der Waals surface area (Å²) < 4.78 is 9.96. The Hall–Kier alpha value is -2.04. The van der Waals surface area contributed by atoms with Crippen LogP contribution in [0, 0.1) is 13.8 Å². The molecule has 0 spiro atoms. The van der Waals surface area contributed by atoms with E-state index < -0.39 is 0 Å². The van der Waals surface area contributed by atoms with Gasteiger partial charge < -0.3 is 14.4 Å². The van der Waals surface area contributed by atoms with Crippen LogP contribution in [0.1, 0.15) is 31.4 Å². The van der Waals surface area contributed by atoms with Crippen LogP contribution >= 0.6 is 0 Å². The van der Waals surface area contributed by atoms with Gasteiger partial charge in [0, 0.05) is 12.2 Å². The maximum absolute atomic E-state index is 11.8. The molecule has 0 N–H and O–H groups in total. The number of carbonyl (C=O) groups excluding carboxylic acids is 2. The quantitative estimate of drug-likeness (QED) is 0.691. The van der Waals surface area contributed by atoms with Crippen molar-refractivity contribution in [2.24, 2.45) is 0 Å². The number of anilines is 1. The van der Waals surface area contributed by atoms with Crippen molar-refractivity contribution in [1.29, 1.82) is 0 Å². The van der Waals surface area contributed by atoms with E-state index >= 15 is 0 Å². The van der Waals surface area contributed by atoms with Crippen molar-refractivity contribution in [3.05, 3.63) is 29.3 Å². The van der Waals surface area contributed by atoms with Crippen molar-refractivity contribution >= 4 is 17.6 Å². The number of nitrogens with zero attached hydrogens (tertiary/aromatic N) is 1. The first-order chi connectivity index (χ1) is 10.5. The first-order valence-electron chi connectivity index (χ1n) is 7.60. The molecule has 0 bridgehead atoms.